The van der Waals surface area contributed by atoms with Crippen molar-refractivity contribution in [2.24, 2.45) is 5.73 Å². The van der Waals surface area contributed by atoms with E-state index in [9.17, 15) is 4.79 Å². The van der Waals surface area contributed by atoms with E-state index in [-0.39, 0.29) is 5.91 Å². The number of nitrogens with one attached hydrogen (secondary N) is 1. The van der Waals surface area contributed by atoms with Gasteiger partial charge in [0.05, 0.1) is 17.3 Å². The number of unbranched alkanes of at least 4 members (excludes halogenated alkanes) is 3. The van der Waals surface area contributed by atoms with Crippen molar-refractivity contribution in [3.63, 3.8) is 0 Å². The smallest absolute Gasteiger partial charge is 0.224 e. The minimum atomic E-state index is -0.0368. The van der Waals surface area contributed by atoms with Crippen molar-refractivity contribution in [1.29, 1.82) is 0 Å². The fraction of sp³-hybridized carbons (Fsp3) is 0.500. The average Bonchev–Trinajstić information content (AvgIpc) is 2.38. The molecule has 1 aromatic carbocycles. The van der Waals surface area contributed by atoms with Gasteiger partial charge >= 0.3 is 0 Å². The molecule has 0 spiro atoms. The third-order valence-electron chi connectivity index (χ3n) is 2.84. The quantitative estimate of drug-likeness (QED) is 0.687. The number of carbonyl (C=O) groups is 1. The first-order valence-electron chi connectivity index (χ1n) is 6.61. The predicted octanol–water partition coefficient (Wildman–Crippen LogP) is 3.96. The van der Waals surface area contributed by atoms with E-state index >= 15 is 0 Å². The Balaban J connectivity index is 2.53. The summed E-state index contributed by atoms with van der Waals surface area (Å²) in [6.07, 6.45) is 4.43. The summed E-state index contributed by atoms with van der Waals surface area (Å²) in [5.74, 6) is 0.538. The van der Waals surface area contributed by atoms with E-state index in [1.807, 2.05) is 0 Å². The lowest BCUT2D eigenvalue weighted by Gasteiger charge is -2.12. The zero-order chi connectivity index (χ0) is 15.0. The third-order valence-corrected chi connectivity index (χ3v) is 3.65. The molecule has 0 radical (unpaired) electrons. The van der Waals surface area contributed by atoms with E-state index in [0.29, 0.717) is 33.9 Å². The van der Waals surface area contributed by atoms with E-state index in [1.165, 1.54) is 0 Å². The van der Waals surface area contributed by atoms with Gasteiger partial charge in [-0.3, -0.25) is 4.79 Å². The fourth-order valence-electron chi connectivity index (χ4n) is 1.86. The highest BCUT2D eigenvalue weighted by Gasteiger charge is 2.12. The Kier molecular flexibility index (Phi) is 7.95. The standard InChI is InChI=1S/C14H20BrClN2O2/c1-20-14-11(15)8-10(16)9-12(14)18-13(19)6-4-2-3-5-7-17/h8-9H,2-7,17H2,1H3,(H,18,19). The van der Waals surface area contributed by atoms with Crippen molar-refractivity contribution in [3.8, 4) is 5.75 Å². The van der Waals surface area contributed by atoms with Crippen molar-refractivity contribution in [2.45, 2.75) is 32.1 Å². The van der Waals surface area contributed by atoms with Crippen molar-refractivity contribution in [3.05, 3.63) is 21.6 Å². The topological polar surface area (TPSA) is 64.3 Å². The van der Waals surface area contributed by atoms with Crippen LogP contribution in [0.3, 0.4) is 0 Å². The van der Waals surface area contributed by atoms with Gasteiger partial charge in [0.1, 0.15) is 0 Å². The monoisotopic (exact) mass is 362 g/mol. The molecule has 0 unspecified atom stereocenters. The van der Waals surface area contributed by atoms with E-state index in [0.717, 1.165) is 25.7 Å². The molecule has 0 saturated carbocycles. The summed E-state index contributed by atoms with van der Waals surface area (Å²) >= 11 is 9.33. The van der Waals surface area contributed by atoms with E-state index in [2.05, 4.69) is 21.2 Å². The van der Waals surface area contributed by atoms with Gasteiger partial charge in [-0.2, -0.15) is 0 Å². The van der Waals surface area contributed by atoms with Crippen LogP contribution in [0.2, 0.25) is 5.02 Å². The summed E-state index contributed by atoms with van der Waals surface area (Å²) in [4.78, 5) is 11.9. The molecule has 0 aromatic heterocycles. The molecule has 20 heavy (non-hydrogen) atoms. The molecule has 0 fully saturated rings. The molecule has 3 N–H and O–H groups in total. The third kappa shape index (κ3) is 5.69. The van der Waals surface area contributed by atoms with Crippen molar-refractivity contribution >= 4 is 39.1 Å². The second-order valence-electron chi connectivity index (χ2n) is 4.47. The number of anilines is 1. The lowest BCUT2D eigenvalue weighted by molar-refractivity contribution is -0.116. The second-order valence-corrected chi connectivity index (χ2v) is 5.76. The van der Waals surface area contributed by atoms with Crippen LogP contribution in [0.25, 0.3) is 0 Å². The molecule has 1 aromatic rings. The van der Waals surface area contributed by atoms with Gasteiger partial charge in [-0.05, 0) is 47.4 Å². The maximum Gasteiger partial charge on any atom is 0.224 e. The van der Waals surface area contributed by atoms with Crippen LogP contribution < -0.4 is 15.8 Å². The van der Waals surface area contributed by atoms with E-state index in [1.54, 1.807) is 19.2 Å². The number of halogens is 2. The van der Waals surface area contributed by atoms with Gasteiger partial charge < -0.3 is 15.8 Å². The number of benzene rings is 1. The normalized spacial score (nSPS) is 10.4. The first-order chi connectivity index (χ1) is 9.58. The van der Waals surface area contributed by atoms with Crippen LogP contribution in [0, 0.1) is 0 Å². The van der Waals surface area contributed by atoms with Gasteiger partial charge in [-0.25, -0.2) is 0 Å². The molecule has 1 rings (SSSR count). The van der Waals surface area contributed by atoms with Gasteiger partial charge in [-0.15, -0.1) is 0 Å². The number of ether oxygens (including phenoxy) is 1. The Hall–Kier alpha value is -0.780. The van der Waals surface area contributed by atoms with Crippen LogP contribution in [-0.2, 0) is 4.79 Å². The molecule has 0 aliphatic carbocycles. The second kappa shape index (κ2) is 9.21. The molecule has 0 aliphatic heterocycles. The highest BCUT2D eigenvalue weighted by Crippen LogP contribution is 2.36. The average molecular weight is 364 g/mol. The van der Waals surface area contributed by atoms with Crippen LogP contribution in [0.5, 0.6) is 5.75 Å². The Labute approximate surface area is 133 Å². The molecule has 6 heteroatoms. The Morgan fingerprint density at radius 3 is 2.70 bits per heavy atom. The minimum absolute atomic E-state index is 0.0368. The van der Waals surface area contributed by atoms with Crippen molar-refractivity contribution < 1.29 is 9.53 Å². The molecule has 0 aliphatic rings. The lowest BCUT2D eigenvalue weighted by atomic mass is 10.1. The summed E-state index contributed by atoms with van der Waals surface area (Å²) in [5.41, 5.74) is 6.01. The Morgan fingerprint density at radius 2 is 2.05 bits per heavy atom. The number of carbonyl (C=O) groups excluding carboxylic acids is 1. The number of hydrogen-bond acceptors (Lipinski definition) is 3. The maximum absolute atomic E-state index is 11.9. The number of amides is 1. The molecule has 0 saturated heterocycles. The fourth-order valence-corrected chi connectivity index (χ4v) is 2.83. The first-order valence-corrected chi connectivity index (χ1v) is 7.78. The van der Waals surface area contributed by atoms with Gasteiger partial charge in [0, 0.05) is 11.4 Å². The Morgan fingerprint density at radius 1 is 1.35 bits per heavy atom. The van der Waals surface area contributed by atoms with Crippen LogP contribution in [-0.4, -0.2) is 19.6 Å². The van der Waals surface area contributed by atoms with Crippen LogP contribution >= 0.6 is 27.5 Å². The van der Waals surface area contributed by atoms with Gasteiger partial charge in [0.25, 0.3) is 0 Å². The molecular formula is C14H20BrClN2O2. The molecule has 0 heterocycles. The van der Waals surface area contributed by atoms with Crippen molar-refractivity contribution in [1.82, 2.24) is 0 Å². The van der Waals surface area contributed by atoms with E-state index in [4.69, 9.17) is 22.1 Å². The summed E-state index contributed by atoms with van der Waals surface area (Å²) in [7, 11) is 1.55. The van der Waals surface area contributed by atoms with Crippen LogP contribution in [0.15, 0.2) is 16.6 Å². The van der Waals surface area contributed by atoms with Gasteiger partial charge in [0.2, 0.25) is 5.91 Å². The molecule has 4 nitrogen and oxygen atoms in total. The zero-order valence-electron chi connectivity index (χ0n) is 11.5. The molecular weight excluding hydrogens is 344 g/mol. The number of rotatable bonds is 8. The highest BCUT2D eigenvalue weighted by atomic mass is 79.9. The number of hydrogen-bond donors (Lipinski definition) is 2. The molecule has 0 bridgehead atoms. The SMILES string of the molecule is COc1c(Br)cc(Cl)cc1NC(=O)CCCCCCN. The first kappa shape index (κ1) is 17.3. The summed E-state index contributed by atoms with van der Waals surface area (Å²) in [6, 6.07) is 3.40. The molecule has 112 valence electrons. The van der Waals surface area contributed by atoms with E-state index < -0.39 is 0 Å². The summed E-state index contributed by atoms with van der Waals surface area (Å²) in [6.45, 7) is 0.708. The predicted molar refractivity (Wildman–Crippen MR) is 86.5 cm³/mol. The van der Waals surface area contributed by atoms with Crippen molar-refractivity contribution in [2.75, 3.05) is 19.0 Å². The van der Waals surface area contributed by atoms with Crippen LogP contribution in [0.1, 0.15) is 32.1 Å². The zero-order valence-corrected chi connectivity index (χ0v) is 13.9. The van der Waals surface area contributed by atoms with Crippen LogP contribution in [0.4, 0.5) is 5.69 Å². The van der Waals surface area contributed by atoms with Gasteiger partial charge in [0.15, 0.2) is 5.75 Å². The highest BCUT2D eigenvalue weighted by molar-refractivity contribution is 9.10. The molecule has 0 atom stereocenters. The summed E-state index contributed by atoms with van der Waals surface area (Å²) < 4.78 is 5.97. The molecule has 1 amide bonds. The minimum Gasteiger partial charge on any atom is -0.493 e. The number of nitrogens with two attached hydrogens (primary N) is 1. The number of methoxy groups -OCH3 is 1. The largest absolute Gasteiger partial charge is 0.493 e. The lowest BCUT2D eigenvalue weighted by Crippen LogP contribution is -2.12. The van der Waals surface area contributed by atoms with Gasteiger partial charge in [-0.1, -0.05) is 24.4 Å². The summed E-state index contributed by atoms with van der Waals surface area (Å²) in [5, 5.41) is 3.37. The Bertz CT molecular complexity index is 455. The maximum atomic E-state index is 11.9.